The van der Waals surface area contributed by atoms with Crippen molar-refractivity contribution in [2.45, 2.75) is 19.3 Å². The first-order chi connectivity index (χ1) is 17.4. The van der Waals surface area contributed by atoms with E-state index in [0.29, 0.717) is 34.2 Å². The monoisotopic (exact) mass is 497 g/mol. The molecule has 5 rings (SSSR count). The first kappa shape index (κ1) is 23.2. The second kappa shape index (κ2) is 9.25. The highest BCUT2D eigenvalue weighted by Gasteiger charge is 2.34. The van der Waals surface area contributed by atoms with Gasteiger partial charge < -0.3 is 43.3 Å². The summed E-state index contributed by atoms with van der Waals surface area (Å²) in [6.07, 6.45) is -0.255. The standard InChI is InChI=1S/C25H23NO10/c1-12-6-16(27)21(25(29)36-12)14(9-20(28)26-13-4-5-17-18(7-13)33-10-32-17)15-8-19(30-2)23-24(22(15)31-3)35-11-34-23/h4-8,14,27H,9-11H2,1-3H3,(H,26,28). The number of amides is 1. The Labute approximate surface area is 205 Å². The zero-order valence-corrected chi connectivity index (χ0v) is 19.7. The van der Waals surface area contributed by atoms with Crippen LogP contribution in [0, 0.1) is 6.92 Å². The Hall–Kier alpha value is -4.54. The molecule has 36 heavy (non-hydrogen) atoms. The molecule has 11 heteroatoms. The van der Waals surface area contributed by atoms with Crippen LogP contribution in [0.3, 0.4) is 0 Å². The van der Waals surface area contributed by atoms with Gasteiger partial charge in [-0.3, -0.25) is 4.79 Å². The summed E-state index contributed by atoms with van der Waals surface area (Å²) in [5.41, 5.74) is -0.0583. The van der Waals surface area contributed by atoms with Gasteiger partial charge in [0, 0.05) is 35.7 Å². The van der Waals surface area contributed by atoms with Gasteiger partial charge in [-0.15, -0.1) is 0 Å². The zero-order valence-electron chi connectivity index (χ0n) is 19.7. The Balaban J connectivity index is 1.58. The summed E-state index contributed by atoms with van der Waals surface area (Å²) in [6, 6.07) is 7.89. The number of hydrogen-bond donors (Lipinski definition) is 2. The van der Waals surface area contributed by atoms with Crippen LogP contribution in [0.4, 0.5) is 5.69 Å². The Bertz CT molecular complexity index is 1400. The molecule has 3 aromatic rings. The fourth-order valence-corrected chi connectivity index (χ4v) is 4.32. The number of carbonyl (C=O) groups excluding carboxylic acids is 1. The van der Waals surface area contributed by atoms with E-state index in [9.17, 15) is 14.7 Å². The van der Waals surface area contributed by atoms with Gasteiger partial charge in [-0.1, -0.05) is 0 Å². The van der Waals surface area contributed by atoms with Crippen molar-refractivity contribution in [1.82, 2.24) is 0 Å². The smallest absolute Gasteiger partial charge is 0.343 e. The Morgan fingerprint density at radius 2 is 1.78 bits per heavy atom. The van der Waals surface area contributed by atoms with Gasteiger partial charge in [0.25, 0.3) is 0 Å². The van der Waals surface area contributed by atoms with Gasteiger partial charge in [-0.25, -0.2) is 4.79 Å². The molecule has 1 atom stereocenters. The molecule has 2 aromatic carbocycles. The number of aromatic hydroxyl groups is 1. The number of aryl methyl sites for hydroxylation is 1. The van der Waals surface area contributed by atoms with E-state index >= 15 is 0 Å². The van der Waals surface area contributed by atoms with Crippen molar-refractivity contribution in [3.05, 3.63) is 57.6 Å². The molecule has 2 aliphatic rings. The quantitative estimate of drug-likeness (QED) is 0.501. The Morgan fingerprint density at radius 3 is 2.53 bits per heavy atom. The SMILES string of the molecule is COc1cc(C(CC(=O)Nc2ccc3c(c2)OCO3)c2c(O)cc(C)oc2=O)c(OC)c2c1OCO2. The summed E-state index contributed by atoms with van der Waals surface area (Å²) in [7, 11) is 2.88. The van der Waals surface area contributed by atoms with Crippen molar-refractivity contribution in [3.8, 4) is 40.2 Å². The first-order valence-corrected chi connectivity index (χ1v) is 11.0. The number of carbonyl (C=O) groups is 1. The summed E-state index contributed by atoms with van der Waals surface area (Å²) in [4.78, 5) is 26.1. The third-order valence-electron chi connectivity index (χ3n) is 5.87. The highest BCUT2D eigenvalue weighted by atomic mass is 16.7. The highest BCUT2D eigenvalue weighted by molar-refractivity contribution is 5.92. The predicted octanol–water partition coefficient (Wildman–Crippen LogP) is 3.29. The predicted molar refractivity (Wildman–Crippen MR) is 125 cm³/mol. The first-order valence-electron chi connectivity index (χ1n) is 11.0. The minimum atomic E-state index is -0.991. The van der Waals surface area contributed by atoms with Crippen LogP contribution in [0.5, 0.6) is 40.2 Å². The van der Waals surface area contributed by atoms with E-state index in [0.717, 1.165) is 0 Å². The molecule has 0 saturated carbocycles. The second-order valence-electron chi connectivity index (χ2n) is 8.08. The third-order valence-corrected chi connectivity index (χ3v) is 5.87. The van der Waals surface area contributed by atoms with Crippen molar-refractivity contribution in [2.24, 2.45) is 0 Å². The van der Waals surface area contributed by atoms with Crippen LogP contribution in [0.15, 0.2) is 39.5 Å². The van der Waals surface area contributed by atoms with Crippen LogP contribution in [0.2, 0.25) is 0 Å². The van der Waals surface area contributed by atoms with Gasteiger partial charge in [0.1, 0.15) is 11.5 Å². The van der Waals surface area contributed by atoms with Crippen LogP contribution in [-0.4, -0.2) is 38.8 Å². The molecule has 3 heterocycles. The fourth-order valence-electron chi connectivity index (χ4n) is 4.32. The molecule has 0 fully saturated rings. The van der Waals surface area contributed by atoms with Crippen LogP contribution in [0.1, 0.15) is 29.2 Å². The average Bonchev–Trinajstić information content (AvgIpc) is 3.51. The van der Waals surface area contributed by atoms with Crippen LogP contribution >= 0.6 is 0 Å². The summed E-state index contributed by atoms with van der Waals surface area (Å²) in [5.74, 6) is 0.702. The topological polar surface area (TPSA) is 135 Å². The lowest BCUT2D eigenvalue weighted by Crippen LogP contribution is -2.21. The van der Waals surface area contributed by atoms with E-state index in [1.165, 1.54) is 27.2 Å². The second-order valence-corrected chi connectivity index (χ2v) is 8.08. The van der Waals surface area contributed by atoms with Crippen molar-refractivity contribution >= 4 is 11.6 Å². The van der Waals surface area contributed by atoms with Crippen molar-refractivity contribution < 1.29 is 42.7 Å². The Kier molecular flexibility index (Phi) is 5.96. The average molecular weight is 497 g/mol. The molecule has 1 unspecified atom stereocenters. The molecule has 2 N–H and O–H groups in total. The maximum Gasteiger partial charge on any atom is 0.343 e. The normalized spacial score (nSPS) is 13.9. The number of fused-ring (bicyclic) bond motifs is 2. The largest absolute Gasteiger partial charge is 0.507 e. The molecule has 0 bridgehead atoms. The van der Waals surface area contributed by atoms with Gasteiger partial charge in [0.2, 0.25) is 31.0 Å². The zero-order chi connectivity index (χ0) is 25.4. The lowest BCUT2D eigenvalue weighted by Gasteiger charge is -2.22. The number of anilines is 1. The molecule has 0 radical (unpaired) electrons. The van der Waals surface area contributed by atoms with Crippen LogP contribution in [0.25, 0.3) is 0 Å². The van der Waals surface area contributed by atoms with E-state index in [1.54, 1.807) is 24.3 Å². The maximum atomic E-state index is 13.2. The van der Waals surface area contributed by atoms with Gasteiger partial charge in [-0.05, 0) is 25.1 Å². The molecular weight excluding hydrogens is 474 g/mol. The van der Waals surface area contributed by atoms with Gasteiger partial charge in [0.05, 0.1) is 19.8 Å². The summed E-state index contributed by atoms with van der Waals surface area (Å²) < 4.78 is 38.1. The summed E-state index contributed by atoms with van der Waals surface area (Å²) in [5, 5.41) is 13.5. The molecular formula is C25H23NO10. The fraction of sp³-hybridized carbons (Fsp3) is 0.280. The van der Waals surface area contributed by atoms with Crippen molar-refractivity contribution in [1.29, 1.82) is 0 Å². The number of benzene rings is 2. The van der Waals surface area contributed by atoms with Gasteiger partial charge in [0.15, 0.2) is 23.0 Å². The van der Waals surface area contributed by atoms with Gasteiger partial charge in [-0.2, -0.15) is 0 Å². The molecule has 0 saturated heterocycles. The van der Waals surface area contributed by atoms with E-state index in [1.807, 2.05) is 0 Å². The van der Waals surface area contributed by atoms with E-state index in [2.05, 4.69) is 5.32 Å². The van der Waals surface area contributed by atoms with Crippen LogP contribution < -0.4 is 39.4 Å². The molecule has 2 aliphatic heterocycles. The van der Waals surface area contributed by atoms with Crippen molar-refractivity contribution in [3.63, 3.8) is 0 Å². The lowest BCUT2D eigenvalue weighted by atomic mass is 9.87. The van der Waals surface area contributed by atoms with Crippen LogP contribution in [-0.2, 0) is 4.79 Å². The number of nitrogens with one attached hydrogen (secondary N) is 1. The molecule has 1 amide bonds. The minimum absolute atomic E-state index is 0.0569. The lowest BCUT2D eigenvalue weighted by molar-refractivity contribution is -0.116. The number of methoxy groups -OCH3 is 2. The minimum Gasteiger partial charge on any atom is -0.507 e. The number of ether oxygens (including phenoxy) is 6. The van der Waals surface area contributed by atoms with Gasteiger partial charge >= 0.3 is 5.63 Å². The number of rotatable bonds is 7. The molecule has 188 valence electrons. The van der Waals surface area contributed by atoms with E-state index in [4.69, 9.17) is 32.8 Å². The summed E-state index contributed by atoms with van der Waals surface area (Å²) >= 11 is 0. The maximum absolute atomic E-state index is 13.2. The molecule has 11 nitrogen and oxygen atoms in total. The molecule has 0 spiro atoms. The third kappa shape index (κ3) is 4.08. The van der Waals surface area contributed by atoms with E-state index < -0.39 is 17.5 Å². The summed E-state index contributed by atoms with van der Waals surface area (Å²) in [6.45, 7) is 1.58. The molecule has 1 aromatic heterocycles. The molecule has 0 aliphatic carbocycles. The number of hydrogen-bond acceptors (Lipinski definition) is 10. The highest BCUT2D eigenvalue weighted by Crippen LogP contribution is 2.53. The van der Waals surface area contributed by atoms with E-state index in [-0.39, 0.29) is 48.6 Å². The van der Waals surface area contributed by atoms with Crippen molar-refractivity contribution in [2.75, 3.05) is 33.1 Å². The Morgan fingerprint density at radius 1 is 1.03 bits per heavy atom.